The summed E-state index contributed by atoms with van der Waals surface area (Å²) in [5.74, 6) is 0.471. The maximum absolute atomic E-state index is 12.4. The molecule has 0 bridgehead atoms. The second kappa shape index (κ2) is 7.00. The number of nitrogens with zero attached hydrogens (tertiary/aromatic N) is 1. The van der Waals surface area contributed by atoms with E-state index >= 15 is 0 Å². The number of H-pyrrole nitrogens is 1. The summed E-state index contributed by atoms with van der Waals surface area (Å²) in [5, 5.41) is 5.54. The number of nitrogens with one attached hydrogen (secondary N) is 3. The third-order valence-corrected chi connectivity index (χ3v) is 3.60. The first-order chi connectivity index (χ1) is 12.0. The zero-order chi connectivity index (χ0) is 17.8. The minimum Gasteiger partial charge on any atom is -0.342 e. The fourth-order valence-corrected chi connectivity index (χ4v) is 2.44. The summed E-state index contributed by atoms with van der Waals surface area (Å²) >= 11 is 0. The molecule has 2 aromatic carbocycles. The van der Waals surface area contributed by atoms with Crippen molar-refractivity contribution >= 4 is 23.2 Å². The Labute approximate surface area is 145 Å². The van der Waals surface area contributed by atoms with Crippen LogP contribution >= 0.6 is 0 Å². The number of aromatic nitrogens is 2. The highest BCUT2D eigenvalue weighted by molar-refractivity contribution is 6.04. The summed E-state index contributed by atoms with van der Waals surface area (Å²) in [6, 6.07) is 14.3. The minimum absolute atomic E-state index is 0.150. The Bertz CT molecular complexity index is 913. The first-order valence-corrected chi connectivity index (χ1v) is 7.82. The Balaban J connectivity index is 1.73. The minimum atomic E-state index is -0.215. The van der Waals surface area contributed by atoms with Gasteiger partial charge in [0, 0.05) is 29.4 Å². The van der Waals surface area contributed by atoms with E-state index in [4.69, 9.17) is 0 Å². The van der Waals surface area contributed by atoms with E-state index in [0.29, 0.717) is 16.9 Å². The maximum Gasteiger partial charge on any atom is 0.255 e. The van der Waals surface area contributed by atoms with Gasteiger partial charge in [0.05, 0.1) is 11.9 Å². The molecular formula is C19H18N4O2. The van der Waals surface area contributed by atoms with Crippen molar-refractivity contribution in [3.05, 3.63) is 66.1 Å². The molecule has 2 amide bonds. The first-order valence-electron chi connectivity index (χ1n) is 7.82. The molecule has 0 radical (unpaired) electrons. The summed E-state index contributed by atoms with van der Waals surface area (Å²) in [7, 11) is 0. The van der Waals surface area contributed by atoms with Crippen LogP contribution in [0.4, 0.5) is 11.4 Å². The molecule has 6 nitrogen and oxygen atoms in total. The van der Waals surface area contributed by atoms with Gasteiger partial charge in [0.15, 0.2) is 0 Å². The molecule has 1 aromatic heterocycles. The summed E-state index contributed by atoms with van der Waals surface area (Å²) in [5.41, 5.74) is 3.70. The van der Waals surface area contributed by atoms with E-state index in [2.05, 4.69) is 20.6 Å². The number of benzene rings is 2. The van der Waals surface area contributed by atoms with Crippen LogP contribution in [0.1, 0.15) is 23.1 Å². The van der Waals surface area contributed by atoms with Crippen molar-refractivity contribution in [1.29, 1.82) is 0 Å². The maximum atomic E-state index is 12.4. The van der Waals surface area contributed by atoms with E-state index in [1.165, 1.54) is 6.92 Å². The molecule has 0 aliphatic carbocycles. The van der Waals surface area contributed by atoms with Crippen LogP contribution in [0.2, 0.25) is 0 Å². The summed E-state index contributed by atoms with van der Waals surface area (Å²) in [4.78, 5) is 30.8. The average Bonchev–Trinajstić information content (AvgIpc) is 3.02. The number of aromatic amines is 1. The van der Waals surface area contributed by atoms with Gasteiger partial charge in [-0.05, 0) is 43.3 Å². The van der Waals surface area contributed by atoms with Crippen LogP contribution in [0.3, 0.4) is 0 Å². The van der Waals surface area contributed by atoms with Crippen molar-refractivity contribution in [3.8, 4) is 11.3 Å². The zero-order valence-electron chi connectivity index (χ0n) is 14.0. The predicted molar refractivity (Wildman–Crippen MR) is 97.5 cm³/mol. The van der Waals surface area contributed by atoms with Crippen LogP contribution in [-0.2, 0) is 4.79 Å². The normalized spacial score (nSPS) is 10.3. The van der Waals surface area contributed by atoms with Crippen molar-refractivity contribution in [1.82, 2.24) is 9.97 Å². The molecule has 126 valence electrons. The lowest BCUT2D eigenvalue weighted by Gasteiger charge is -2.08. The van der Waals surface area contributed by atoms with Crippen LogP contribution in [0.5, 0.6) is 0 Å². The van der Waals surface area contributed by atoms with Crippen LogP contribution in [0, 0.1) is 6.92 Å². The number of amides is 2. The predicted octanol–water partition coefficient (Wildman–Crippen LogP) is 3.60. The highest BCUT2D eigenvalue weighted by atomic mass is 16.2. The van der Waals surface area contributed by atoms with Crippen LogP contribution in [-0.4, -0.2) is 21.8 Å². The highest BCUT2D eigenvalue weighted by Crippen LogP contribution is 2.21. The van der Waals surface area contributed by atoms with Gasteiger partial charge in [0.1, 0.15) is 5.82 Å². The molecule has 0 saturated carbocycles. The highest BCUT2D eigenvalue weighted by Gasteiger charge is 2.08. The van der Waals surface area contributed by atoms with Gasteiger partial charge in [-0.1, -0.05) is 12.1 Å². The van der Waals surface area contributed by atoms with Crippen molar-refractivity contribution in [2.45, 2.75) is 13.8 Å². The lowest BCUT2D eigenvalue weighted by molar-refractivity contribution is -0.114. The Morgan fingerprint density at radius 3 is 2.40 bits per heavy atom. The third kappa shape index (κ3) is 4.11. The molecule has 3 N–H and O–H groups in total. The number of rotatable bonds is 4. The van der Waals surface area contributed by atoms with E-state index < -0.39 is 0 Å². The molecular weight excluding hydrogens is 316 g/mol. The Hall–Kier alpha value is -3.41. The zero-order valence-corrected chi connectivity index (χ0v) is 14.0. The van der Waals surface area contributed by atoms with E-state index in [1.54, 1.807) is 30.5 Å². The smallest absolute Gasteiger partial charge is 0.255 e. The molecule has 0 aliphatic heterocycles. The second-order valence-electron chi connectivity index (χ2n) is 5.68. The molecule has 0 atom stereocenters. The van der Waals surface area contributed by atoms with Crippen molar-refractivity contribution in [2.75, 3.05) is 10.6 Å². The fourth-order valence-electron chi connectivity index (χ4n) is 2.44. The van der Waals surface area contributed by atoms with Crippen LogP contribution in [0.25, 0.3) is 11.3 Å². The Morgan fingerprint density at radius 1 is 1.00 bits per heavy atom. The lowest BCUT2D eigenvalue weighted by Crippen LogP contribution is -2.12. The lowest BCUT2D eigenvalue weighted by atomic mass is 10.1. The third-order valence-electron chi connectivity index (χ3n) is 3.60. The molecule has 6 heteroatoms. The van der Waals surface area contributed by atoms with Crippen molar-refractivity contribution in [2.24, 2.45) is 0 Å². The molecule has 3 aromatic rings. The number of anilines is 2. The monoisotopic (exact) mass is 334 g/mol. The van der Waals surface area contributed by atoms with Gasteiger partial charge in [-0.3, -0.25) is 9.59 Å². The van der Waals surface area contributed by atoms with Crippen molar-refractivity contribution < 1.29 is 9.59 Å². The van der Waals surface area contributed by atoms with Gasteiger partial charge >= 0.3 is 0 Å². The van der Waals surface area contributed by atoms with Crippen LogP contribution in [0.15, 0.2) is 54.7 Å². The quantitative estimate of drug-likeness (QED) is 0.681. The number of imidazole rings is 1. The topological polar surface area (TPSA) is 86.9 Å². The van der Waals surface area contributed by atoms with E-state index in [1.807, 2.05) is 31.2 Å². The van der Waals surface area contributed by atoms with E-state index in [9.17, 15) is 9.59 Å². The Kier molecular flexibility index (Phi) is 4.61. The fraction of sp³-hybridized carbons (Fsp3) is 0.105. The number of hydrogen-bond acceptors (Lipinski definition) is 3. The van der Waals surface area contributed by atoms with E-state index in [0.717, 1.165) is 17.1 Å². The number of carbonyl (C=O) groups excluding carboxylic acids is 2. The largest absolute Gasteiger partial charge is 0.342 e. The first kappa shape index (κ1) is 16.4. The van der Waals surface area contributed by atoms with Crippen molar-refractivity contribution in [3.63, 3.8) is 0 Å². The molecule has 0 aliphatic rings. The summed E-state index contributed by atoms with van der Waals surface area (Å²) in [6.07, 6.45) is 1.76. The molecule has 0 saturated heterocycles. The van der Waals surface area contributed by atoms with Gasteiger partial charge in [0.25, 0.3) is 5.91 Å². The van der Waals surface area contributed by atoms with Gasteiger partial charge in [0.2, 0.25) is 5.91 Å². The number of aryl methyl sites for hydroxylation is 1. The SMILES string of the molecule is CC(=O)Nc1ccc(C(=O)Nc2cccc(-c3cnc(C)[nH]3)c2)cc1. The molecule has 1 heterocycles. The molecule has 0 spiro atoms. The standard InChI is InChI=1S/C19H18N4O2/c1-12-20-11-18(21-12)15-4-3-5-17(10-15)23-19(25)14-6-8-16(9-7-14)22-13(2)24/h3-11H,1-2H3,(H,20,21)(H,22,24)(H,23,25). The summed E-state index contributed by atoms with van der Waals surface area (Å²) < 4.78 is 0. The number of hydrogen-bond donors (Lipinski definition) is 3. The summed E-state index contributed by atoms with van der Waals surface area (Å²) in [6.45, 7) is 3.33. The van der Waals surface area contributed by atoms with Crippen LogP contribution < -0.4 is 10.6 Å². The van der Waals surface area contributed by atoms with Gasteiger partial charge in [-0.15, -0.1) is 0 Å². The molecule has 0 fully saturated rings. The molecule has 0 unspecified atom stereocenters. The van der Waals surface area contributed by atoms with Gasteiger partial charge in [-0.25, -0.2) is 4.98 Å². The van der Waals surface area contributed by atoms with Gasteiger partial charge in [-0.2, -0.15) is 0 Å². The average molecular weight is 334 g/mol. The number of carbonyl (C=O) groups is 2. The second-order valence-corrected chi connectivity index (χ2v) is 5.68. The van der Waals surface area contributed by atoms with Gasteiger partial charge < -0.3 is 15.6 Å². The molecule has 25 heavy (non-hydrogen) atoms. The van der Waals surface area contributed by atoms with E-state index in [-0.39, 0.29) is 11.8 Å². The Morgan fingerprint density at radius 2 is 1.76 bits per heavy atom. The molecule has 3 rings (SSSR count).